The van der Waals surface area contributed by atoms with E-state index in [4.69, 9.17) is 11.6 Å². The zero-order chi connectivity index (χ0) is 18.2. The number of thiophene rings is 1. The van der Waals surface area contributed by atoms with E-state index in [9.17, 15) is 13.2 Å². The Morgan fingerprint density at radius 2 is 1.76 bits per heavy atom. The monoisotopic (exact) mass is 398 g/mol. The van der Waals surface area contributed by atoms with Crippen LogP contribution in [-0.2, 0) is 10.0 Å². The first-order valence-electron chi connectivity index (χ1n) is 7.91. The van der Waals surface area contributed by atoms with Crippen LogP contribution in [0.15, 0.2) is 35.2 Å². The summed E-state index contributed by atoms with van der Waals surface area (Å²) in [5.41, 5.74) is 1.77. The molecule has 1 aliphatic heterocycles. The minimum atomic E-state index is -3.54. The zero-order valence-electron chi connectivity index (χ0n) is 14.0. The van der Waals surface area contributed by atoms with Gasteiger partial charge < -0.3 is 4.90 Å². The normalized spacial score (nSPS) is 16.2. The molecule has 1 saturated heterocycles. The summed E-state index contributed by atoms with van der Waals surface area (Å²) < 4.78 is 27.8. The van der Waals surface area contributed by atoms with Gasteiger partial charge in [-0.15, -0.1) is 11.3 Å². The Bertz CT molecular complexity index is 900. The fraction of sp³-hybridized carbons (Fsp3) is 0.353. The molecule has 1 amide bonds. The Hall–Kier alpha value is -1.41. The molecule has 0 aliphatic carbocycles. The second kappa shape index (κ2) is 7.07. The molecule has 3 rings (SSSR count). The molecule has 0 radical (unpaired) electrons. The molecule has 0 N–H and O–H groups in total. The van der Waals surface area contributed by atoms with Crippen LogP contribution < -0.4 is 0 Å². The van der Waals surface area contributed by atoms with Gasteiger partial charge in [0.1, 0.15) is 0 Å². The lowest BCUT2D eigenvalue weighted by molar-refractivity contribution is 0.0703. The number of amides is 1. The van der Waals surface area contributed by atoms with Crippen molar-refractivity contribution in [3.8, 4) is 0 Å². The lowest BCUT2D eigenvalue weighted by Crippen LogP contribution is -2.50. The molecule has 25 heavy (non-hydrogen) atoms. The highest BCUT2D eigenvalue weighted by Crippen LogP contribution is 2.25. The first-order valence-corrected chi connectivity index (χ1v) is 10.5. The van der Waals surface area contributed by atoms with Crippen LogP contribution in [0.4, 0.5) is 0 Å². The third kappa shape index (κ3) is 3.74. The maximum absolute atomic E-state index is 12.9. The number of hydrogen-bond acceptors (Lipinski definition) is 4. The molecule has 1 aromatic carbocycles. The van der Waals surface area contributed by atoms with Gasteiger partial charge in [-0.2, -0.15) is 4.31 Å². The maximum atomic E-state index is 12.9. The van der Waals surface area contributed by atoms with Crippen molar-refractivity contribution in [1.29, 1.82) is 0 Å². The molecule has 8 heteroatoms. The minimum absolute atomic E-state index is 0.0968. The molecular formula is C17H19ClN2O3S2. The molecule has 1 aromatic heterocycles. The predicted octanol–water partition coefficient (Wildman–Crippen LogP) is 3.17. The van der Waals surface area contributed by atoms with Crippen LogP contribution in [-0.4, -0.2) is 49.7 Å². The molecule has 5 nitrogen and oxygen atoms in total. The van der Waals surface area contributed by atoms with E-state index in [1.807, 2.05) is 13.0 Å². The van der Waals surface area contributed by atoms with Gasteiger partial charge in [0.25, 0.3) is 5.91 Å². The Balaban J connectivity index is 1.72. The summed E-state index contributed by atoms with van der Waals surface area (Å²) in [5.74, 6) is -0.0968. The van der Waals surface area contributed by atoms with Crippen LogP contribution >= 0.6 is 22.9 Å². The van der Waals surface area contributed by atoms with Gasteiger partial charge in [0.05, 0.1) is 14.1 Å². The molecule has 134 valence electrons. The van der Waals surface area contributed by atoms with Crippen molar-refractivity contribution in [2.24, 2.45) is 0 Å². The average Bonchev–Trinajstić information content (AvgIpc) is 3.00. The zero-order valence-corrected chi connectivity index (χ0v) is 16.4. The summed E-state index contributed by atoms with van der Waals surface area (Å²) in [5, 5.41) is 0. The van der Waals surface area contributed by atoms with E-state index in [1.54, 1.807) is 36.1 Å². The van der Waals surface area contributed by atoms with Gasteiger partial charge >= 0.3 is 0 Å². The van der Waals surface area contributed by atoms with Crippen LogP contribution in [0.2, 0.25) is 4.34 Å². The van der Waals surface area contributed by atoms with Crippen molar-refractivity contribution in [3.63, 3.8) is 0 Å². The fourth-order valence-electron chi connectivity index (χ4n) is 2.94. The Morgan fingerprint density at radius 3 is 2.32 bits per heavy atom. The SMILES string of the molecule is Cc1ccc(S(=O)(=O)N2CCN(C(=O)c3ccc(Cl)s3)CC2)c(C)c1. The molecule has 1 aliphatic rings. The van der Waals surface area contributed by atoms with E-state index in [0.717, 1.165) is 11.1 Å². The Labute approximate surface area is 156 Å². The second-order valence-electron chi connectivity index (χ2n) is 6.07. The van der Waals surface area contributed by atoms with E-state index in [0.29, 0.717) is 40.3 Å². The number of rotatable bonds is 3. The van der Waals surface area contributed by atoms with Crippen LogP contribution in [0, 0.1) is 13.8 Å². The summed E-state index contributed by atoms with van der Waals surface area (Å²) >= 11 is 7.12. The van der Waals surface area contributed by atoms with Crippen molar-refractivity contribution in [3.05, 3.63) is 50.7 Å². The predicted molar refractivity (Wildman–Crippen MR) is 99.9 cm³/mol. The van der Waals surface area contributed by atoms with Gasteiger partial charge in [-0.05, 0) is 37.6 Å². The number of benzene rings is 1. The first-order chi connectivity index (χ1) is 11.8. The highest BCUT2D eigenvalue weighted by Gasteiger charge is 2.31. The van der Waals surface area contributed by atoms with Gasteiger partial charge in [-0.1, -0.05) is 29.3 Å². The number of carbonyl (C=O) groups excluding carboxylic acids is 1. The third-order valence-corrected chi connectivity index (χ3v) is 7.54. The van der Waals surface area contributed by atoms with Crippen molar-refractivity contribution in [2.45, 2.75) is 18.7 Å². The number of sulfonamides is 1. The highest BCUT2D eigenvalue weighted by molar-refractivity contribution is 7.89. The average molecular weight is 399 g/mol. The lowest BCUT2D eigenvalue weighted by atomic mass is 10.2. The number of nitrogens with zero attached hydrogens (tertiary/aromatic N) is 2. The summed E-state index contributed by atoms with van der Waals surface area (Å²) in [6.45, 7) is 5.07. The summed E-state index contributed by atoms with van der Waals surface area (Å²) in [4.78, 5) is 15.0. The van der Waals surface area contributed by atoms with E-state index in [-0.39, 0.29) is 5.91 Å². The van der Waals surface area contributed by atoms with E-state index in [2.05, 4.69) is 0 Å². The Morgan fingerprint density at radius 1 is 1.08 bits per heavy atom. The van der Waals surface area contributed by atoms with E-state index >= 15 is 0 Å². The van der Waals surface area contributed by atoms with Crippen molar-refractivity contribution < 1.29 is 13.2 Å². The molecule has 0 spiro atoms. The summed E-state index contributed by atoms with van der Waals surface area (Å²) in [6.07, 6.45) is 0. The first kappa shape index (κ1) is 18.4. The van der Waals surface area contributed by atoms with Crippen LogP contribution in [0.25, 0.3) is 0 Å². The molecule has 2 heterocycles. The van der Waals surface area contributed by atoms with Crippen molar-refractivity contribution >= 4 is 38.9 Å². The molecule has 0 unspecified atom stereocenters. The number of aryl methyl sites for hydroxylation is 2. The fourth-order valence-corrected chi connectivity index (χ4v) is 5.58. The number of halogens is 1. The summed E-state index contributed by atoms with van der Waals surface area (Å²) in [6, 6.07) is 8.73. The van der Waals surface area contributed by atoms with Crippen molar-refractivity contribution in [1.82, 2.24) is 9.21 Å². The molecular weight excluding hydrogens is 380 g/mol. The Kier molecular flexibility index (Phi) is 5.20. The topological polar surface area (TPSA) is 57.7 Å². The van der Waals surface area contributed by atoms with Gasteiger partial charge in [0, 0.05) is 26.2 Å². The third-order valence-electron chi connectivity index (χ3n) is 4.26. The van der Waals surface area contributed by atoms with Crippen LogP contribution in [0.5, 0.6) is 0 Å². The minimum Gasteiger partial charge on any atom is -0.335 e. The molecule has 0 bridgehead atoms. The lowest BCUT2D eigenvalue weighted by Gasteiger charge is -2.34. The highest BCUT2D eigenvalue weighted by atomic mass is 35.5. The van der Waals surface area contributed by atoms with Gasteiger partial charge in [0.2, 0.25) is 10.0 Å². The molecule has 0 atom stereocenters. The second-order valence-corrected chi connectivity index (χ2v) is 9.69. The van der Waals surface area contributed by atoms with Gasteiger partial charge in [-0.25, -0.2) is 8.42 Å². The molecule has 1 fully saturated rings. The quantitative estimate of drug-likeness (QED) is 0.797. The number of piperazine rings is 1. The van der Waals surface area contributed by atoms with Crippen molar-refractivity contribution in [2.75, 3.05) is 26.2 Å². The van der Waals surface area contributed by atoms with E-state index in [1.165, 1.54) is 15.6 Å². The van der Waals surface area contributed by atoms with E-state index < -0.39 is 10.0 Å². The van der Waals surface area contributed by atoms with Gasteiger partial charge in [0.15, 0.2) is 0 Å². The largest absolute Gasteiger partial charge is 0.335 e. The molecule has 2 aromatic rings. The standard InChI is InChI=1S/C17H19ClN2O3S2/c1-12-3-5-15(13(2)11-12)25(22,23)20-9-7-19(8-10-20)17(21)14-4-6-16(18)24-14/h3-6,11H,7-10H2,1-2H3. The number of carbonyl (C=O) groups is 1. The van der Waals surface area contributed by atoms with Crippen LogP contribution in [0.3, 0.4) is 0 Å². The maximum Gasteiger partial charge on any atom is 0.264 e. The summed E-state index contributed by atoms with van der Waals surface area (Å²) in [7, 11) is -3.54. The number of hydrogen-bond donors (Lipinski definition) is 0. The molecule has 0 saturated carbocycles. The van der Waals surface area contributed by atoms with Crippen LogP contribution in [0.1, 0.15) is 20.8 Å². The smallest absolute Gasteiger partial charge is 0.264 e. The van der Waals surface area contributed by atoms with Gasteiger partial charge in [-0.3, -0.25) is 4.79 Å².